The minimum absolute atomic E-state index is 0.0587. The smallest absolute Gasteiger partial charge is 0.324 e. The first-order valence-corrected chi connectivity index (χ1v) is 5.24. The van der Waals surface area contributed by atoms with Crippen molar-refractivity contribution in [3.05, 3.63) is 28.1 Å². The lowest BCUT2D eigenvalue weighted by molar-refractivity contribution is -0.380. The van der Waals surface area contributed by atoms with Gasteiger partial charge in [-0.2, -0.15) is 4.98 Å². The van der Waals surface area contributed by atoms with Crippen molar-refractivity contribution in [2.24, 2.45) is 0 Å². The molecule has 0 atom stereocenters. The molecule has 0 amide bonds. The van der Waals surface area contributed by atoms with E-state index in [1.54, 1.807) is 13.1 Å². The van der Waals surface area contributed by atoms with E-state index in [4.69, 9.17) is 4.52 Å². The number of rotatable bonds is 4. The summed E-state index contributed by atoms with van der Waals surface area (Å²) >= 11 is 1.01. The Morgan fingerprint density at radius 2 is 2.44 bits per heavy atom. The zero-order chi connectivity index (χ0) is 11.5. The summed E-state index contributed by atoms with van der Waals surface area (Å²) in [6.07, 6.45) is 0. The summed E-state index contributed by atoms with van der Waals surface area (Å²) in [6.45, 7) is 0.497. The van der Waals surface area contributed by atoms with Gasteiger partial charge in [0.2, 0.25) is 0 Å². The molecule has 2 aromatic rings. The Hall–Kier alpha value is -1.80. The highest BCUT2D eigenvalue weighted by atomic mass is 32.1. The number of hydrogen-bond donors (Lipinski definition) is 1. The van der Waals surface area contributed by atoms with E-state index >= 15 is 0 Å². The summed E-state index contributed by atoms with van der Waals surface area (Å²) in [5.74, 6) is 0.830. The lowest BCUT2D eigenvalue weighted by atomic mass is 10.4. The molecule has 84 valence electrons. The maximum absolute atomic E-state index is 10.5. The van der Waals surface area contributed by atoms with Gasteiger partial charge in [0.05, 0.1) is 16.3 Å². The lowest BCUT2D eigenvalue weighted by Crippen LogP contribution is -2.06. The molecule has 0 spiro atoms. The zero-order valence-corrected chi connectivity index (χ0v) is 9.15. The molecule has 0 saturated heterocycles. The maximum atomic E-state index is 10.5. The van der Waals surface area contributed by atoms with Crippen molar-refractivity contribution in [3.8, 4) is 10.8 Å². The van der Waals surface area contributed by atoms with Crippen LogP contribution in [0.5, 0.6) is 0 Å². The SMILES string of the molecule is CNCc1noc(-c2ccc([N+](=O)[O-])s2)n1. The van der Waals surface area contributed by atoms with Gasteiger partial charge < -0.3 is 9.84 Å². The number of hydrogen-bond acceptors (Lipinski definition) is 7. The standard InChI is InChI=1S/C8H8N4O3S/c1-9-4-6-10-8(15-11-6)5-2-3-7(16-5)12(13)14/h2-3,9H,4H2,1H3. The fourth-order valence-corrected chi connectivity index (χ4v) is 1.87. The number of nitro groups is 1. The molecule has 0 fully saturated rings. The van der Waals surface area contributed by atoms with Gasteiger partial charge in [0, 0.05) is 6.07 Å². The number of nitrogens with zero attached hydrogens (tertiary/aromatic N) is 3. The van der Waals surface area contributed by atoms with Gasteiger partial charge in [-0.3, -0.25) is 10.1 Å². The topological polar surface area (TPSA) is 94.1 Å². The first-order valence-electron chi connectivity index (χ1n) is 4.42. The predicted octanol–water partition coefficient (Wildman–Crippen LogP) is 1.43. The normalized spacial score (nSPS) is 10.6. The van der Waals surface area contributed by atoms with Gasteiger partial charge >= 0.3 is 5.00 Å². The van der Waals surface area contributed by atoms with E-state index in [0.717, 1.165) is 11.3 Å². The molecule has 16 heavy (non-hydrogen) atoms. The van der Waals surface area contributed by atoms with Crippen LogP contribution in [0.4, 0.5) is 5.00 Å². The maximum Gasteiger partial charge on any atom is 0.324 e. The molecule has 0 aliphatic heterocycles. The van der Waals surface area contributed by atoms with Gasteiger partial charge in [0.15, 0.2) is 5.82 Å². The van der Waals surface area contributed by atoms with Crippen LogP contribution >= 0.6 is 11.3 Å². The van der Waals surface area contributed by atoms with Gasteiger partial charge in [0.1, 0.15) is 0 Å². The quantitative estimate of drug-likeness (QED) is 0.641. The molecule has 2 rings (SSSR count). The molecule has 0 aliphatic carbocycles. The van der Waals surface area contributed by atoms with Crippen LogP contribution in [0.1, 0.15) is 5.82 Å². The highest BCUT2D eigenvalue weighted by molar-refractivity contribution is 7.18. The van der Waals surface area contributed by atoms with Crippen LogP contribution in [0, 0.1) is 10.1 Å². The highest BCUT2D eigenvalue weighted by Gasteiger charge is 2.15. The van der Waals surface area contributed by atoms with Gasteiger partial charge in [-0.1, -0.05) is 16.5 Å². The minimum Gasteiger partial charge on any atom is -0.333 e. The van der Waals surface area contributed by atoms with E-state index in [-0.39, 0.29) is 5.00 Å². The third-order valence-corrected chi connectivity index (χ3v) is 2.81. The molecule has 8 heteroatoms. The average molecular weight is 240 g/mol. The zero-order valence-electron chi connectivity index (χ0n) is 8.34. The second-order valence-electron chi connectivity index (χ2n) is 2.94. The van der Waals surface area contributed by atoms with E-state index in [0.29, 0.717) is 23.1 Å². The van der Waals surface area contributed by atoms with Crippen molar-refractivity contribution < 1.29 is 9.45 Å². The molecule has 0 aliphatic rings. The molecule has 0 bridgehead atoms. The molecule has 0 unspecified atom stereocenters. The van der Waals surface area contributed by atoms with Crippen LogP contribution in [0.3, 0.4) is 0 Å². The van der Waals surface area contributed by atoms with Crippen LogP contribution in [-0.4, -0.2) is 22.1 Å². The monoisotopic (exact) mass is 240 g/mol. The summed E-state index contributed by atoms with van der Waals surface area (Å²) in [5, 5.41) is 17.2. The van der Waals surface area contributed by atoms with Crippen molar-refractivity contribution in [1.82, 2.24) is 15.5 Å². The number of nitrogens with one attached hydrogen (secondary N) is 1. The van der Waals surface area contributed by atoms with Crippen LogP contribution in [0.15, 0.2) is 16.7 Å². The Morgan fingerprint density at radius 1 is 1.62 bits per heavy atom. The summed E-state index contributed by atoms with van der Waals surface area (Å²) in [6, 6.07) is 3.02. The van der Waals surface area contributed by atoms with Crippen molar-refractivity contribution in [2.75, 3.05) is 7.05 Å². The first-order chi connectivity index (χ1) is 7.70. The van der Waals surface area contributed by atoms with E-state index in [2.05, 4.69) is 15.5 Å². The first kappa shape index (κ1) is 10.7. The van der Waals surface area contributed by atoms with E-state index < -0.39 is 4.92 Å². The predicted molar refractivity (Wildman–Crippen MR) is 57.0 cm³/mol. The molecular weight excluding hydrogens is 232 g/mol. The molecule has 0 aromatic carbocycles. The Morgan fingerprint density at radius 3 is 3.06 bits per heavy atom. The van der Waals surface area contributed by atoms with Crippen molar-refractivity contribution >= 4 is 16.3 Å². The average Bonchev–Trinajstić information content (AvgIpc) is 2.84. The van der Waals surface area contributed by atoms with Crippen LogP contribution < -0.4 is 5.32 Å². The third-order valence-electron chi connectivity index (χ3n) is 1.79. The van der Waals surface area contributed by atoms with Crippen molar-refractivity contribution in [2.45, 2.75) is 6.54 Å². The molecular formula is C8H8N4O3S. The van der Waals surface area contributed by atoms with Crippen LogP contribution in [-0.2, 0) is 6.54 Å². The molecule has 0 radical (unpaired) electrons. The Balaban J connectivity index is 2.24. The highest BCUT2D eigenvalue weighted by Crippen LogP contribution is 2.31. The fourth-order valence-electron chi connectivity index (χ4n) is 1.12. The molecule has 2 heterocycles. The summed E-state index contributed by atoms with van der Waals surface area (Å²) in [4.78, 5) is 14.7. The number of thiophene rings is 1. The molecule has 2 aromatic heterocycles. The van der Waals surface area contributed by atoms with Gasteiger partial charge in [0.25, 0.3) is 5.89 Å². The second kappa shape index (κ2) is 4.37. The summed E-state index contributed by atoms with van der Waals surface area (Å²) in [7, 11) is 1.77. The summed E-state index contributed by atoms with van der Waals surface area (Å²) < 4.78 is 4.98. The minimum atomic E-state index is -0.445. The largest absolute Gasteiger partial charge is 0.333 e. The van der Waals surface area contributed by atoms with Gasteiger partial charge in [-0.15, -0.1) is 0 Å². The van der Waals surface area contributed by atoms with Crippen molar-refractivity contribution in [1.29, 1.82) is 0 Å². The Kier molecular flexibility index (Phi) is 2.93. The van der Waals surface area contributed by atoms with Crippen LogP contribution in [0.25, 0.3) is 10.8 Å². The number of aromatic nitrogens is 2. The van der Waals surface area contributed by atoms with Crippen LogP contribution in [0.2, 0.25) is 0 Å². The van der Waals surface area contributed by atoms with Gasteiger partial charge in [-0.25, -0.2) is 0 Å². The van der Waals surface area contributed by atoms with E-state index in [9.17, 15) is 10.1 Å². The van der Waals surface area contributed by atoms with E-state index in [1.807, 2.05) is 0 Å². The fraction of sp³-hybridized carbons (Fsp3) is 0.250. The Labute approximate surface area is 94.2 Å². The molecule has 0 saturated carbocycles. The summed E-state index contributed by atoms with van der Waals surface area (Å²) in [5.41, 5.74) is 0. The molecule has 7 nitrogen and oxygen atoms in total. The van der Waals surface area contributed by atoms with E-state index in [1.165, 1.54) is 6.07 Å². The lowest BCUT2D eigenvalue weighted by Gasteiger charge is -1.86. The second-order valence-corrected chi connectivity index (χ2v) is 4.00. The third kappa shape index (κ3) is 2.07. The Bertz CT molecular complexity index is 507. The van der Waals surface area contributed by atoms with Gasteiger partial charge in [-0.05, 0) is 13.1 Å². The van der Waals surface area contributed by atoms with Crippen molar-refractivity contribution in [3.63, 3.8) is 0 Å². The molecule has 1 N–H and O–H groups in total.